The number of piperidine rings is 1. The van der Waals surface area contributed by atoms with E-state index in [2.05, 4.69) is 36.4 Å². The Balaban J connectivity index is 0.00000324. The van der Waals surface area contributed by atoms with E-state index in [1.165, 1.54) is 6.42 Å². The Labute approximate surface area is 133 Å². The van der Waals surface area contributed by atoms with Crippen LogP contribution >= 0.6 is 24.0 Å². The third kappa shape index (κ3) is 7.59. The van der Waals surface area contributed by atoms with Gasteiger partial charge < -0.3 is 15.5 Å². The first-order valence-corrected chi connectivity index (χ1v) is 6.69. The fourth-order valence-corrected chi connectivity index (χ4v) is 1.95. The maximum atomic E-state index is 12.0. The fourth-order valence-electron chi connectivity index (χ4n) is 1.95. The number of hydrogen-bond acceptors (Lipinski definition) is 2. The van der Waals surface area contributed by atoms with Crippen LogP contribution in [0.15, 0.2) is 4.99 Å². The summed E-state index contributed by atoms with van der Waals surface area (Å²) >= 11 is 0. The highest BCUT2D eigenvalue weighted by Crippen LogP contribution is 2.08. The molecule has 2 N–H and O–H groups in total. The highest BCUT2D eigenvalue weighted by Gasteiger charge is 2.17. The van der Waals surface area contributed by atoms with Gasteiger partial charge in [0, 0.05) is 25.7 Å². The van der Waals surface area contributed by atoms with Crippen molar-refractivity contribution < 1.29 is 4.79 Å². The lowest BCUT2D eigenvalue weighted by Gasteiger charge is -2.28. The molecule has 19 heavy (non-hydrogen) atoms. The number of carbonyl (C=O) groups excluding carboxylic acids is 1. The van der Waals surface area contributed by atoms with E-state index in [0.717, 1.165) is 25.9 Å². The molecule has 1 rings (SSSR count). The van der Waals surface area contributed by atoms with Gasteiger partial charge in [0.2, 0.25) is 5.91 Å². The average molecular weight is 382 g/mol. The zero-order chi connectivity index (χ0) is 13.6. The van der Waals surface area contributed by atoms with Crippen LogP contribution in [0.1, 0.15) is 40.0 Å². The number of likely N-dealkylation sites (tertiary alicyclic amines) is 1. The van der Waals surface area contributed by atoms with E-state index in [-0.39, 0.29) is 35.4 Å². The van der Waals surface area contributed by atoms with Crippen LogP contribution in [0.25, 0.3) is 0 Å². The molecule has 0 saturated carbocycles. The average Bonchev–Trinajstić information content (AvgIpc) is 2.33. The topological polar surface area (TPSA) is 56.7 Å². The molecule has 1 amide bonds. The van der Waals surface area contributed by atoms with E-state index in [0.29, 0.717) is 12.5 Å². The van der Waals surface area contributed by atoms with Crippen molar-refractivity contribution in [2.45, 2.75) is 45.6 Å². The van der Waals surface area contributed by atoms with Gasteiger partial charge in [-0.1, -0.05) is 0 Å². The predicted molar refractivity (Wildman–Crippen MR) is 90.1 cm³/mol. The Morgan fingerprint density at radius 3 is 2.26 bits per heavy atom. The summed E-state index contributed by atoms with van der Waals surface area (Å²) in [5, 5.41) is 6.30. The van der Waals surface area contributed by atoms with Gasteiger partial charge in [-0.05, 0) is 40.0 Å². The Morgan fingerprint density at radius 1 is 1.21 bits per heavy atom. The van der Waals surface area contributed by atoms with Crippen LogP contribution < -0.4 is 10.6 Å². The van der Waals surface area contributed by atoms with Crippen LogP contribution in [-0.4, -0.2) is 49.0 Å². The van der Waals surface area contributed by atoms with Crippen molar-refractivity contribution in [2.24, 2.45) is 4.99 Å². The summed E-state index contributed by atoms with van der Waals surface area (Å²) in [4.78, 5) is 18.0. The van der Waals surface area contributed by atoms with Crippen molar-refractivity contribution in [3.63, 3.8) is 0 Å². The van der Waals surface area contributed by atoms with E-state index >= 15 is 0 Å². The number of hydrogen-bond donors (Lipinski definition) is 2. The minimum absolute atomic E-state index is 0. The van der Waals surface area contributed by atoms with E-state index < -0.39 is 0 Å². The van der Waals surface area contributed by atoms with Crippen LogP contribution in [0.4, 0.5) is 0 Å². The highest BCUT2D eigenvalue weighted by atomic mass is 127. The van der Waals surface area contributed by atoms with Crippen molar-refractivity contribution in [2.75, 3.05) is 26.7 Å². The third-order valence-electron chi connectivity index (χ3n) is 2.83. The predicted octanol–water partition coefficient (Wildman–Crippen LogP) is 1.58. The molecule has 6 heteroatoms. The summed E-state index contributed by atoms with van der Waals surface area (Å²) in [6.07, 6.45) is 3.49. The Hall–Kier alpha value is -0.530. The van der Waals surface area contributed by atoms with E-state index in [1.54, 1.807) is 7.05 Å². The van der Waals surface area contributed by atoms with Gasteiger partial charge in [0.1, 0.15) is 0 Å². The van der Waals surface area contributed by atoms with Crippen molar-refractivity contribution in [1.82, 2.24) is 15.5 Å². The minimum atomic E-state index is -0.0595. The van der Waals surface area contributed by atoms with Crippen LogP contribution in [0.3, 0.4) is 0 Å². The normalized spacial score (nSPS) is 16.6. The summed E-state index contributed by atoms with van der Waals surface area (Å²) in [5.74, 6) is 0.833. The SMILES string of the molecule is CN=C(NCC(=O)N1CCCCC1)NC(C)(C)C.I. The van der Waals surface area contributed by atoms with Gasteiger partial charge in [0.05, 0.1) is 6.54 Å². The molecule has 0 aromatic rings. The van der Waals surface area contributed by atoms with Crippen LogP contribution in [0.2, 0.25) is 0 Å². The summed E-state index contributed by atoms with van der Waals surface area (Å²) < 4.78 is 0. The molecule has 0 bridgehead atoms. The Bertz CT molecular complexity index is 306. The number of guanidine groups is 1. The van der Waals surface area contributed by atoms with Gasteiger partial charge in [-0.25, -0.2) is 0 Å². The van der Waals surface area contributed by atoms with Gasteiger partial charge in [0.25, 0.3) is 0 Å². The lowest BCUT2D eigenvalue weighted by molar-refractivity contribution is -0.130. The fraction of sp³-hybridized carbons (Fsp3) is 0.846. The standard InChI is InChI=1S/C13H26N4O.HI/c1-13(2,3)16-12(14-4)15-10-11(18)17-8-6-5-7-9-17;/h5-10H2,1-4H3,(H2,14,15,16);1H. The monoisotopic (exact) mass is 382 g/mol. The van der Waals surface area contributed by atoms with Crippen molar-refractivity contribution in [3.8, 4) is 0 Å². The zero-order valence-electron chi connectivity index (χ0n) is 12.5. The number of halogens is 1. The summed E-state index contributed by atoms with van der Waals surface area (Å²) in [6.45, 7) is 8.29. The maximum absolute atomic E-state index is 12.0. The first kappa shape index (κ1) is 18.5. The highest BCUT2D eigenvalue weighted by molar-refractivity contribution is 14.0. The van der Waals surface area contributed by atoms with Gasteiger partial charge in [0.15, 0.2) is 5.96 Å². The number of nitrogens with one attached hydrogen (secondary N) is 2. The maximum Gasteiger partial charge on any atom is 0.241 e. The number of aliphatic imine (C=N–C) groups is 1. The van der Waals surface area contributed by atoms with E-state index in [4.69, 9.17) is 0 Å². The van der Waals surface area contributed by atoms with Gasteiger partial charge in [-0.2, -0.15) is 0 Å². The molecule has 1 aliphatic heterocycles. The van der Waals surface area contributed by atoms with Crippen molar-refractivity contribution in [3.05, 3.63) is 0 Å². The molecule has 0 radical (unpaired) electrons. The number of amides is 1. The van der Waals surface area contributed by atoms with Crippen LogP contribution in [0, 0.1) is 0 Å². The molecule has 0 atom stereocenters. The second-order valence-corrected chi connectivity index (χ2v) is 5.74. The van der Waals surface area contributed by atoms with Gasteiger partial charge in [-0.15, -0.1) is 24.0 Å². The van der Waals surface area contributed by atoms with E-state index in [9.17, 15) is 4.79 Å². The quantitative estimate of drug-likeness (QED) is 0.433. The molecule has 0 spiro atoms. The molecule has 112 valence electrons. The van der Waals surface area contributed by atoms with Gasteiger partial charge >= 0.3 is 0 Å². The molecule has 0 aliphatic carbocycles. The summed E-state index contributed by atoms with van der Waals surface area (Å²) in [5.41, 5.74) is -0.0595. The van der Waals surface area contributed by atoms with Crippen molar-refractivity contribution >= 4 is 35.8 Å². The Kier molecular flexibility index (Phi) is 8.36. The molecule has 1 fully saturated rings. The zero-order valence-corrected chi connectivity index (χ0v) is 14.8. The number of carbonyl (C=O) groups is 1. The lowest BCUT2D eigenvalue weighted by Crippen LogP contribution is -2.50. The third-order valence-corrected chi connectivity index (χ3v) is 2.83. The molecule has 5 nitrogen and oxygen atoms in total. The largest absolute Gasteiger partial charge is 0.352 e. The lowest BCUT2D eigenvalue weighted by atomic mass is 10.1. The second kappa shape index (κ2) is 8.60. The van der Waals surface area contributed by atoms with E-state index in [1.807, 2.05) is 4.90 Å². The second-order valence-electron chi connectivity index (χ2n) is 5.74. The number of rotatable bonds is 2. The molecular weight excluding hydrogens is 355 g/mol. The Morgan fingerprint density at radius 2 is 1.79 bits per heavy atom. The van der Waals surface area contributed by atoms with Gasteiger partial charge in [-0.3, -0.25) is 9.79 Å². The molecule has 1 saturated heterocycles. The molecule has 1 heterocycles. The molecule has 0 aromatic heterocycles. The van der Waals surface area contributed by atoms with Crippen molar-refractivity contribution in [1.29, 1.82) is 0 Å². The first-order chi connectivity index (χ1) is 8.42. The minimum Gasteiger partial charge on any atom is -0.352 e. The first-order valence-electron chi connectivity index (χ1n) is 6.69. The molecule has 1 aliphatic rings. The molecule has 0 aromatic carbocycles. The molecule has 0 unspecified atom stereocenters. The summed E-state index contributed by atoms with van der Waals surface area (Å²) in [6, 6.07) is 0. The summed E-state index contributed by atoms with van der Waals surface area (Å²) in [7, 11) is 1.71. The number of nitrogens with zero attached hydrogens (tertiary/aromatic N) is 2. The smallest absolute Gasteiger partial charge is 0.241 e. The van der Waals surface area contributed by atoms with Crippen LogP contribution in [-0.2, 0) is 4.79 Å². The van der Waals surface area contributed by atoms with Crippen LogP contribution in [0.5, 0.6) is 0 Å². The molecular formula is C13H27IN4O.